The Morgan fingerprint density at radius 1 is 1.21 bits per heavy atom. The molecule has 0 bridgehead atoms. The first-order chi connectivity index (χ1) is 13.2. The second-order valence-electron chi connectivity index (χ2n) is 6.64. The summed E-state index contributed by atoms with van der Waals surface area (Å²) in [5.74, 6) is -1.23. The molecule has 1 aliphatic rings. The minimum absolute atomic E-state index is 0.335. The van der Waals surface area contributed by atoms with Crippen molar-refractivity contribution >= 4 is 5.97 Å². The highest BCUT2D eigenvalue weighted by atomic mass is 19.4. The highest BCUT2D eigenvalue weighted by Gasteiger charge is 2.38. The average Bonchev–Trinajstić information content (AvgIpc) is 3.11. The Balaban J connectivity index is 2.13. The van der Waals surface area contributed by atoms with Crippen LogP contribution in [-0.4, -0.2) is 35.7 Å². The van der Waals surface area contributed by atoms with Crippen molar-refractivity contribution in [1.29, 1.82) is 0 Å². The maximum absolute atomic E-state index is 14.0. The Labute approximate surface area is 159 Å². The number of ether oxygens (including phenoxy) is 1. The quantitative estimate of drug-likeness (QED) is 0.756. The summed E-state index contributed by atoms with van der Waals surface area (Å²) in [6, 6.07) is 6.79. The van der Waals surface area contributed by atoms with Crippen LogP contribution in [0.4, 0.5) is 17.6 Å². The lowest BCUT2D eigenvalue weighted by molar-refractivity contribution is -0.142. The van der Waals surface area contributed by atoms with Crippen molar-refractivity contribution in [3.05, 3.63) is 65.0 Å². The minimum atomic E-state index is -4.48. The average molecular weight is 397 g/mol. The first kappa shape index (κ1) is 20.1. The molecule has 1 saturated heterocycles. The maximum atomic E-state index is 14.0. The van der Waals surface area contributed by atoms with Gasteiger partial charge in [-0.05, 0) is 48.7 Å². The van der Waals surface area contributed by atoms with Crippen molar-refractivity contribution in [2.24, 2.45) is 0 Å². The Morgan fingerprint density at radius 3 is 2.46 bits per heavy atom. The molecular formula is C20H19F4NO3. The maximum Gasteiger partial charge on any atom is 0.416 e. The van der Waals surface area contributed by atoms with Crippen LogP contribution in [0.1, 0.15) is 35.6 Å². The molecule has 1 heterocycles. The van der Waals surface area contributed by atoms with E-state index in [2.05, 4.69) is 0 Å². The number of nitrogens with zero attached hydrogens (tertiary/aromatic N) is 1. The van der Waals surface area contributed by atoms with Crippen LogP contribution in [0.3, 0.4) is 0 Å². The lowest BCUT2D eigenvalue weighted by Crippen LogP contribution is -2.39. The second kappa shape index (κ2) is 7.79. The molecule has 3 rings (SSSR count). The zero-order chi connectivity index (χ0) is 20.5. The molecule has 1 fully saturated rings. The molecule has 0 saturated carbocycles. The van der Waals surface area contributed by atoms with Gasteiger partial charge in [-0.25, -0.2) is 4.39 Å². The number of carboxylic acids is 1. The molecule has 2 aromatic carbocycles. The summed E-state index contributed by atoms with van der Waals surface area (Å²) in [5.41, 5.74) is -0.00197. The fourth-order valence-corrected chi connectivity index (χ4v) is 3.69. The molecule has 2 unspecified atom stereocenters. The van der Waals surface area contributed by atoms with E-state index >= 15 is 0 Å². The van der Waals surface area contributed by atoms with E-state index in [1.807, 2.05) is 0 Å². The molecule has 150 valence electrons. The third-order valence-electron chi connectivity index (χ3n) is 4.95. The lowest BCUT2D eigenvalue weighted by atomic mass is 9.94. The molecule has 28 heavy (non-hydrogen) atoms. The number of carbonyl (C=O) groups is 1. The molecule has 4 nitrogen and oxygen atoms in total. The monoisotopic (exact) mass is 397 g/mol. The largest absolute Gasteiger partial charge is 0.496 e. The smallest absolute Gasteiger partial charge is 0.416 e. The van der Waals surface area contributed by atoms with Gasteiger partial charge >= 0.3 is 12.1 Å². The molecular weight excluding hydrogens is 378 g/mol. The van der Waals surface area contributed by atoms with Gasteiger partial charge in [0.1, 0.15) is 17.6 Å². The number of methoxy groups -OCH3 is 1. The Bertz CT molecular complexity index is 852. The number of hydrogen-bond acceptors (Lipinski definition) is 3. The number of likely N-dealkylation sites (tertiary alicyclic amines) is 1. The number of halogens is 4. The van der Waals surface area contributed by atoms with Crippen molar-refractivity contribution in [3.8, 4) is 5.75 Å². The van der Waals surface area contributed by atoms with Crippen LogP contribution in [0.25, 0.3) is 0 Å². The molecule has 0 aromatic heterocycles. The van der Waals surface area contributed by atoms with Crippen LogP contribution in [-0.2, 0) is 11.0 Å². The first-order valence-corrected chi connectivity index (χ1v) is 8.71. The first-order valence-electron chi connectivity index (χ1n) is 8.71. The predicted molar refractivity (Wildman–Crippen MR) is 93.6 cm³/mol. The van der Waals surface area contributed by atoms with Crippen molar-refractivity contribution in [2.45, 2.75) is 31.1 Å². The van der Waals surface area contributed by atoms with E-state index in [1.165, 1.54) is 37.4 Å². The highest BCUT2D eigenvalue weighted by Crippen LogP contribution is 2.40. The molecule has 1 N–H and O–H groups in total. The summed E-state index contributed by atoms with van der Waals surface area (Å²) in [7, 11) is 1.40. The van der Waals surface area contributed by atoms with Crippen molar-refractivity contribution in [1.82, 2.24) is 4.90 Å². The van der Waals surface area contributed by atoms with Crippen molar-refractivity contribution < 1.29 is 32.2 Å². The van der Waals surface area contributed by atoms with E-state index < -0.39 is 35.6 Å². The van der Waals surface area contributed by atoms with Crippen LogP contribution in [0.5, 0.6) is 5.75 Å². The van der Waals surface area contributed by atoms with Gasteiger partial charge in [-0.1, -0.05) is 12.1 Å². The zero-order valence-corrected chi connectivity index (χ0v) is 15.0. The topological polar surface area (TPSA) is 49.8 Å². The molecule has 0 aliphatic carbocycles. The SMILES string of the molecule is COc1ccc(F)cc1C(c1ccc(C(F)(F)F)cc1)N1CCCC1C(=O)O. The molecule has 0 amide bonds. The van der Waals surface area contributed by atoms with Gasteiger partial charge in [0.2, 0.25) is 0 Å². The molecule has 1 aliphatic heterocycles. The standard InChI is InChI=1S/C20H19F4NO3/c1-28-17-9-8-14(21)11-15(17)18(25-10-2-3-16(25)19(26)27)12-4-6-13(7-5-12)20(22,23)24/h4-9,11,16,18H,2-3,10H2,1H3,(H,26,27). The number of benzene rings is 2. The number of rotatable bonds is 5. The third kappa shape index (κ3) is 3.96. The van der Waals surface area contributed by atoms with E-state index in [-0.39, 0.29) is 0 Å². The molecule has 2 atom stereocenters. The molecule has 0 radical (unpaired) electrons. The van der Waals surface area contributed by atoms with E-state index in [0.717, 1.165) is 12.1 Å². The van der Waals surface area contributed by atoms with Gasteiger partial charge in [-0.15, -0.1) is 0 Å². The van der Waals surface area contributed by atoms with Crippen molar-refractivity contribution in [3.63, 3.8) is 0 Å². The Morgan fingerprint density at radius 2 is 1.89 bits per heavy atom. The lowest BCUT2D eigenvalue weighted by Gasteiger charge is -2.33. The van der Waals surface area contributed by atoms with Crippen LogP contribution in [0, 0.1) is 5.82 Å². The number of aliphatic carboxylic acids is 1. The Kier molecular flexibility index (Phi) is 5.60. The fourth-order valence-electron chi connectivity index (χ4n) is 3.69. The van der Waals surface area contributed by atoms with Gasteiger partial charge < -0.3 is 9.84 Å². The van der Waals surface area contributed by atoms with Crippen LogP contribution >= 0.6 is 0 Å². The third-order valence-corrected chi connectivity index (χ3v) is 4.95. The summed E-state index contributed by atoms with van der Waals surface area (Å²) in [4.78, 5) is 13.4. The number of carboxylic acid groups (broad SMARTS) is 1. The predicted octanol–water partition coefficient (Wildman–Crippen LogP) is 4.49. The van der Waals surface area contributed by atoms with Crippen LogP contribution in [0.15, 0.2) is 42.5 Å². The number of alkyl halides is 3. The summed E-state index contributed by atoms with van der Waals surface area (Å²) in [5, 5.41) is 9.56. The molecule has 0 spiro atoms. The second-order valence-corrected chi connectivity index (χ2v) is 6.64. The van der Waals surface area contributed by atoms with E-state index in [9.17, 15) is 27.5 Å². The normalized spacial score (nSPS) is 18.8. The van der Waals surface area contributed by atoms with Gasteiger partial charge in [0.15, 0.2) is 0 Å². The van der Waals surface area contributed by atoms with E-state index in [1.54, 1.807) is 4.90 Å². The van der Waals surface area contributed by atoms with Gasteiger partial charge in [-0.3, -0.25) is 9.69 Å². The summed E-state index contributed by atoms with van der Waals surface area (Å²) >= 11 is 0. The summed E-state index contributed by atoms with van der Waals surface area (Å²) in [6.45, 7) is 0.419. The van der Waals surface area contributed by atoms with Gasteiger partial charge in [0.05, 0.1) is 18.7 Å². The summed E-state index contributed by atoms with van der Waals surface area (Å²) < 4.78 is 58.1. The Hall–Kier alpha value is -2.61. The van der Waals surface area contributed by atoms with Crippen LogP contribution < -0.4 is 4.74 Å². The van der Waals surface area contributed by atoms with Crippen molar-refractivity contribution in [2.75, 3.05) is 13.7 Å². The molecule has 8 heteroatoms. The fraction of sp³-hybridized carbons (Fsp3) is 0.350. The van der Waals surface area contributed by atoms with E-state index in [0.29, 0.717) is 36.3 Å². The molecule has 2 aromatic rings. The zero-order valence-electron chi connectivity index (χ0n) is 15.0. The van der Waals surface area contributed by atoms with Crippen LogP contribution in [0.2, 0.25) is 0 Å². The van der Waals surface area contributed by atoms with Gasteiger partial charge in [0, 0.05) is 12.1 Å². The number of hydrogen-bond donors (Lipinski definition) is 1. The highest BCUT2D eigenvalue weighted by molar-refractivity contribution is 5.74. The van der Waals surface area contributed by atoms with E-state index in [4.69, 9.17) is 4.74 Å². The van der Waals surface area contributed by atoms with Gasteiger partial charge in [-0.2, -0.15) is 13.2 Å². The summed E-state index contributed by atoms with van der Waals surface area (Å²) in [6.07, 6.45) is -3.46. The van der Waals surface area contributed by atoms with Gasteiger partial charge in [0.25, 0.3) is 0 Å². The minimum Gasteiger partial charge on any atom is -0.496 e.